The predicted octanol–water partition coefficient (Wildman–Crippen LogP) is 2.69. The van der Waals surface area contributed by atoms with Crippen molar-refractivity contribution in [2.24, 2.45) is 0 Å². The van der Waals surface area contributed by atoms with Gasteiger partial charge in [-0.3, -0.25) is 0 Å². The minimum Gasteiger partial charge on any atom is -0.459 e. The summed E-state index contributed by atoms with van der Waals surface area (Å²) in [6.45, 7) is 2.18. The monoisotopic (exact) mass is 284 g/mol. The molecule has 1 aliphatic rings. The summed E-state index contributed by atoms with van der Waals surface area (Å²) in [6, 6.07) is 6.59. The molecule has 1 fully saturated rings. The van der Waals surface area contributed by atoms with Gasteiger partial charge in [0.15, 0.2) is 0 Å². The minimum atomic E-state index is -0.380. The highest BCUT2D eigenvalue weighted by atomic mass is 35.5. The smallest absolute Gasteiger partial charge is 0.338 e. The van der Waals surface area contributed by atoms with Gasteiger partial charge in [-0.2, -0.15) is 0 Å². The Morgan fingerprint density at radius 1 is 1.42 bits per heavy atom. The Balaban J connectivity index is 1.88. The number of methoxy groups -OCH3 is 1. The van der Waals surface area contributed by atoms with Crippen molar-refractivity contribution in [3.63, 3.8) is 0 Å². The topological polar surface area (TPSA) is 44.8 Å². The SMILES string of the molecule is COC1CC(C)OC1COC(=O)c1ccc(Cl)cc1. The zero-order valence-electron chi connectivity index (χ0n) is 11.0. The van der Waals surface area contributed by atoms with Crippen LogP contribution in [0.25, 0.3) is 0 Å². The van der Waals surface area contributed by atoms with Crippen LogP contribution in [0.1, 0.15) is 23.7 Å². The van der Waals surface area contributed by atoms with E-state index in [1.165, 1.54) is 0 Å². The molecule has 3 atom stereocenters. The highest BCUT2D eigenvalue weighted by molar-refractivity contribution is 6.30. The lowest BCUT2D eigenvalue weighted by Gasteiger charge is -2.17. The Hall–Kier alpha value is -1.10. The third-order valence-electron chi connectivity index (χ3n) is 3.15. The van der Waals surface area contributed by atoms with Crippen LogP contribution < -0.4 is 0 Å². The van der Waals surface area contributed by atoms with E-state index in [1.54, 1.807) is 31.4 Å². The maximum absolute atomic E-state index is 11.8. The zero-order chi connectivity index (χ0) is 13.8. The molecule has 0 aromatic heterocycles. The molecular formula is C14H17ClO4. The van der Waals surface area contributed by atoms with Gasteiger partial charge >= 0.3 is 5.97 Å². The normalized spacial score (nSPS) is 26.4. The Bertz CT molecular complexity index is 432. The summed E-state index contributed by atoms with van der Waals surface area (Å²) in [4.78, 5) is 11.8. The van der Waals surface area contributed by atoms with E-state index >= 15 is 0 Å². The molecule has 0 radical (unpaired) electrons. The molecule has 2 rings (SSSR count). The van der Waals surface area contributed by atoms with Crippen molar-refractivity contribution >= 4 is 17.6 Å². The molecule has 0 N–H and O–H groups in total. The Morgan fingerprint density at radius 2 is 2.11 bits per heavy atom. The van der Waals surface area contributed by atoms with Crippen LogP contribution in [0.2, 0.25) is 5.02 Å². The summed E-state index contributed by atoms with van der Waals surface area (Å²) < 4.78 is 16.2. The number of hydrogen-bond acceptors (Lipinski definition) is 4. The average Bonchev–Trinajstić information content (AvgIpc) is 2.77. The maximum Gasteiger partial charge on any atom is 0.338 e. The molecule has 1 aromatic rings. The van der Waals surface area contributed by atoms with E-state index in [9.17, 15) is 4.79 Å². The summed E-state index contributed by atoms with van der Waals surface area (Å²) in [5.41, 5.74) is 0.476. The lowest BCUT2D eigenvalue weighted by molar-refractivity contribution is -0.0400. The first-order valence-electron chi connectivity index (χ1n) is 6.21. The highest BCUT2D eigenvalue weighted by Crippen LogP contribution is 2.23. The molecule has 0 amide bonds. The average molecular weight is 285 g/mol. The fourth-order valence-corrected chi connectivity index (χ4v) is 2.27. The molecule has 19 heavy (non-hydrogen) atoms. The van der Waals surface area contributed by atoms with Gasteiger partial charge in [0.2, 0.25) is 0 Å². The zero-order valence-corrected chi connectivity index (χ0v) is 11.7. The molecule has 1 saturated heterocycles. The van der Waals surface area contributed by atoms with Crippen LogP contribution in [-0.4, -0.2) is 38.0 Å². The first-order chi connectivity index (χ1) is 9.10. The number of hydrogen-bond donors (Lipinski definition) is 0. The second kappa shape index (κ2) is 6.37. The molecule has 0 aliphatic carbocycles. The van der Waals surface area contributed by atoms with E-state index in [-0.39, 0.29) is 30.9 Å². The lowest BCUT2D eigenvalue weighted by atomic mass is 10.1. The Kier molecular flexibility index (Phi) is 4.80. The molecule has 1 aromatic carbocycles. The van der Waals surface area contributed by atoms with Gasteiger partial charge in [0.1, 0.15) is 12.7 Å². The first kappa shape index (κ1) is 14.3. The second-order valence-corrected chi connectivity index (χ2v) is 5.04. The third kappa shape index (κ3) is 3.69. The summed E-state index contributed by atoms with van der Waals surface area (Å²) in [5.74, 6) is -0.380. The number of esters is 1. The molecule has 5 heteroatoms. The van der Waals surface area contributed by atoms with Crippen molar-refractivity contribution in [2.75, 3.05) is 13.7 Å². The van der Waals surface area contributed by atoms with Gasteiger partial charge in [0.25, 0.3) is 0 Å². The van der Waals surface area contributed by atoms with Crippen LogP contribution in [0.4, 0.5) is 0 Å². The van der Waals surface area contributed by atoms with Gasteiger partial charge in [-0.05, 0) is 31.2 Å². The number of carbonyl (C=O) groups excluding carboxylic acids is 1. The Labute approximate surface area is 117 Å². The van der Waals surface area contributed by atoms with Crippen LogP contribution in [0.3, 0.4) is 0 Å². The molecule has 0 spiro atoms. The lowest BCUT2D eigenvalue weighted by Crippen LogP contribution is -2.29. The van der Waals surface area contributed by atoms with Crippen molar-refractivity contribution in [1.82, 2.24) is 0 Å². The molecule has 3 unspecified atom stereocenters. The van der Waals surface area contributed by atoms with Gasteiger partial charge in [-0.25, -0.2) is 4.79 Å². The van der Waals surface area contributed by atoms with Crippen molar-refractivity contribution < 1.29 is 19.0 Å². The fraction of sp³-hybridized carbons (Fsp3) is 0.500. The quantitative estimate of drug-likeness (QED) is 0.798. The van der Waals surface area contributed by atoms with Crippen LogP contribution in [0.15, 0.2) is 24.3 Å². The first-order valence-corrected chi connectivity index (χ1v) is 6.59. The van der Waals surface area contributed by atoms with Crippen molar-refractivity contribution in [3.05, 3.63) is 34.9 Å². The van der Waals surface area contributed by atoms with E-state index < -0.39 is 0 Å². The largest absolute Gasteiger partial charge is 0.459 e. The van der Waals surface area contributed by atoms with E-state index in [4.69, 9.17) is 25.8 Å². The predicted molar refractivity (Wildman–Crippen MR) is 71.5 cm³/mol. The molecular weight excluding hydrogens is 268 g/mol. The molecule has 0 bridgehead atoms. The molecule has 1 heterocycles. The molecule has 1 aliphatic heterocycles. The van der Waals surface area contributed by atoms with E-state index in [2.05, 4.69) is 0 Å². The van der Waals surface area contributed by atoms with E-state index in [0.717, 1.165) is 6.42 Å². The van der Waals surface area contributed by atoms with E-state index in [1.807, 2.05) is 6.92 Å². The summed E-state index contributed by atoms with van der Waals surface area (Å²) in [6.07, 6.45) is 0.730. The summed E-state index contributed by atoms with van der Waals surface area (Å²) in [5, 5.41) is 0.587. The van der Waals surface area contributed by atoms with Crippen molar-refractivity contribution in [1.29, 1.82) is 0 Å². The van der Waals surface area contributed by atoms with Crippen molar-refractivity contribution in [3.8, 4) is 0 Å². The van der Waals surface area contributed by atoms with Crippen LogP contribution >= 0.6 is 11.6 Å². The maximum atomic E-state index is 11.8. The standard InChI is InChI=1S/C14H17ClO4/c1-9-7-12(17-2)13(19-9)8-18-14(16)10-3-5-11(15)6-4-10/h3-6,9,12-13H,7-8H2,1-2H3. The van der Waals surface area contributed by atoms with Gasteiger partial charge < -0.3 is 14.2 Å². The number of carbonyl (C=O) groups is 1. The second-order valence-electron chi connectivity index (χ2n) is 4.60. The number of ether oxygens (including phenoxy) is 3. The van der Waals surface area contributed by atoms with Gasteiger partial charge in [-0.15, -0.1) is 0 Å². The summed E-state index contributed by atoms with van der Waals surface area (Å²) in [7, 11) is 1.64. The van der Waals surface area contributed by atoms with Crippen LogP contribution in [-0.2, 0) is 14.2 Å². The van der Waals surface area contributed by atoms with Gasteiger partial charge in [-0.1, -0.05) is 11.6 Å². The van der Waals surface area contributed by atoms with Crippen LogP contribution in [0.5, 0.6) is 0 Å². The molecule has 4 nitrogen and oxygen atoms in total. The minimum absolute atomic E-state index is 0.0204. The third-order valence-corrected chi connectivity index (χ3v) is 3.40. The number of rotatable bonds is 4. The van der Waals surface area contributed by atoms with E-state index in [0.29, 0.717) is 10.6 Å². The number of benzene rings is 1. The van der Waals surface area contributed by atoms with Gasteiger partial charge in [0, 0.05) is 18.6 Å². The fourth-order valence-electron chi connectivity index (χ4n) is 2.14. The van der Waals surface area contributed by atoms with Gasteiger partial charge in [0.05, 0.1) is 17.8 Å². The molecule has 0 saturated carbocycles. The van der Waals surface area contributed by atoms with Crippen LogP contribution in [0, 0.1) is 0 Å². The Morgan fingerprint density at radius 3 is 2.74 bits per heavy atom. The highest BCUT2D eigenvalue weighted by Gasteiger charge is 2.33. The summed E-state index contributed by atoms with van der Waals surface area (Å²) >= 11 is 5.76. The number of halogens is 1. The molecule has 104 valence electrons. The van der Waals surface area contributed by atoms with Crippen molar-refractivity contribution in [2.45, 2.75) is 31.7 Å².